The van der Waals surface area contributed by atoms with Gasteiger partial charge in [0.05, 0.1) is 0 Å². The van der Waals surface area contributed by atoms with E-state index in [4.69, 9.17) is 0 Å². The van der Waals surface area contributed by atoms with Gasteiger partial charge in [-0.05, 0) is 76.2 Å². The van der Waals surface area contributed by atoms with Crippen molar-refractivity contribution in [3.63, 3.8) is 0 Å². The number of benzene rings is 1. The topological polar surface area (TPSA) is 6.48 Å². The fourth-order valence-electron chi connectivity index (χ4n) is 4.56. The Balaban J connectivity index is 1.42. The van der Waals surface area contributed by atoms with E-state index in [1.54, 1.807) is 5.56 Å². The fourth-order valence-corrected chi connectivity index (χ4v) is 4.56. The summed E-state index contributed by atoms with van der Waals surface area (Å²) in [5.74, 6) is 1.01. The van der Waals surface area contributed by atoms with Crippen LogP contribution in [0.5, 0.6) is 0 Å². The summed E-state index contributed by atoms with van der Waals surface area (Å²) in [5.41, 5.74) is 3.04. The number of nitrogens with zero attached hydrogens (tertiary/aromatic N) is 2. The van der Waals surface area contributed by atoms with Gasteiger partial charge in [0.2, 0.25) is 0 Å². The summed E-state index contributed by atoms with van der Waals surface area (Å²) in [4.78, 5) is 5.37. The lowest BCUT2D eigenvalue weighted by molar-refractivity contribution is 0.176. The number of para-hydroxylation sites is 1. The number of fused-ring (bicyclic) bond motifs is 1. The highest BCUT2D eigenvalue weighted by Crippen LogP contribution is 2.30. The molecule has 1 unspecified atom stereocenters. The third kappa shape index (κ3) is 4.53. The van der Waals surface area contributed by atoms with Gasteiger partial charge in [-0.25, -0.2) is 0 Å². The third-order valence-corrected chi connectivity index (χ3v) is 6.21. The van der Waals surface area contributed by atoms with Crippen LogP contribution in [0.1, 0.15) is 64.4 Å². The Hall–Kier alpha value is -1.02. The summed E-state index contributed by atoms with van der Waals surface area (Å²) in [6.07, 6.45) is 11.0. The van der Waals surface area contributed by atoms with Crippen LogP contribution < -0.4 is 4.90 Å². The molecule has 24 heavy (non-hydrogen) atoms. The molecule has 0 aromatic heterocycles. The Bertz CT molecular complexity index is 490. The molecule has 2 nitrogen and oxygen atoms in total. The molecule has 1 saturated heterocycles. The van der Waals surface area contributed by atoms with Gasteiger partial charge >= 0.3 is 0 Å². The molecule has 1 atom stereocenters. The van der Waals surface area contributed by atoms with Crippen molar-refractivity contribution in [3.05, 3.63) is 29.8 Å². The van der Waals surface area contributed by atoms with Gasteiger partial charge in [-0.3, -0.25) is 0 Å². The molecule has 134 valence electrons. The SMILES string of the molecule is CCCCC1CCN(CCCN2c3ccccc3CCC2C)CC1. The van der Waals surface area contributed by atoms with Gasteiger partial charge < -0.3 is 9.80 Å². The maximum Gasteiger partial charge on any atom is 0.0401 e. The maximum atomic E-state index is 2.71. The number of hydrogen-bond donors (Lipinski definition) is 0. The first-order valence-corrected chi connectivity index (χ1v) is 10.3. The first-order valence-electron chi connectivity index (χ1n) is 10.3. The maximum absolute atomic E-state index is 2.71. The van der Waals surface area contributed by atoms with Crippen LogP contribution in [0.3, 0.4) is 0 Å². The number of unbranched alkanes of at least 4 members (excludes halogenated alkanes) is 1. The second kappa shape index (κ2) is 8.89. The lowest BCUT2D eigenvalue weighted by Crippen LogP contribution is -2.40. The van der Waals surface area contributed by atoms with E-state index in [9.17, 15) is 0 Å². The minimum absolute atomic E-state index is 0.694. The number of rotatable bonds is 7. The smallest absolute Gasteiger partial charge is 0.0401 e. The lowest BCUT2D eigenvalue weighted by atomic mass is 9.91. The Morgan fingerprint density at radius 2 is 1.79 bits per heavy atom. The van der Waals surface area contributed by atoms with Crippen molar-refractivity contribution < 1.29 is 0 Å². The molecule has 1 aromatic carbocycles. The van der Waals surface area contributed by atoms with Gasteiger partial charge in [-0.15, -0.1) is 0 Å². The molecule has 0 aliphatic carbocycles. The molecule has 3 rings (SSSR count). The molecular formula is C22H36N2. The zero-order chi connectivity index (χ0) is 16.8. The van der Waals surface area contributed by atoms with Gasteiger partial charge in [0.15, 0.2) is 0 Å². The van der Waals surface area contributed by atoms with Crippen LogP contribution in [0.4, 0.5) is 5.69 Å². The molecule has 0 N–H and O–H groups in total. The zero-order valence-electron chi connectivity index (χ0n) is 15.8. The summed E-state index contributed by atoms with van der Waals surface area (Å²) in [6.45, 7) is 9.88. The fraction of sp³-hybridized carbons (Fsp3) is 0.727. The summed E-state index contributed by atoms with van der Waals surface area (Å²) in [5, 5.41) is 0. The standard InChI is InChI=1S/C22H36N2/c1-3-4-8-20-13-17-23(18-14-20)15-7-16-24-19(2)11-12-21-9-5-6-10-22(21)24/h5-6,9-10,19-20H,3-4,7-8,11-18H2,1-2H3. The molecule has 0 saturated carbocycles. The van der Waals surface area contributed by atoms with Gasteiger partial charge in [-0.1, -0.05) is 44.4 Å². The molecule has 2 heterocycles. The molecule has 0 spiro atoms. The van der Waals surface area contributed by atoms with Gasteiger partial charge in [-0.2, -0.15) is 0 Å². The summed E-state index contributed by atoms with van der Waals surface area (Å²) in [7, 11) is 0. The molecule has 2 aliphatic heterocycles. The Morgan fingerprint density at radius 1 is 1.00 bits per heavy atom. The molecule has 0 radical (unpaired) electrons. The molecule has 2 heteroatoms. The van der Waals surface area contributed by atoms with E-state index in [1.807, 2.05) is 0 Å². The number of hydrogen-bond acceptors (Lipinski definition) is 2. The minimum Gasteiger partial charge on any atom is -0.369 e. The number of aryl methyl sites for hydroxylation is 1. The molecule has 0 amide bonds. The van der Waals surface area contributed by atoms with Crippen molar-refractivity contribution in [2.45, 2.75) is 71.3 Å². The molecule has 1 aromatic rings. The van der Waals surface area contributed by atoms with Crippen LogP contribution in [0.2, 0.25) is 0 Å². The van der Waals surface area contributed by atoms with E-state index in [2.05, 4.69) is 47.9 Å². The van der Waals surface area contributed by atoms with Gasteiger partial charge in [0.1, 0.15) is 0 Å². The van der Waals surface area contributed by atoms with E-state index in [-0.39, 0.29) is 0 Å². The van der Waals surface area contributed by atoms with Crippen molar-refractivity contribution in [1.82, 2.24) is 4.90 Å². The quantitative estimate of drug-likeness (QED) is 0.685. The predicted molar refractivity (Wildman–Crippen MR) is 105 cm³/mol. The van der Waals surface area contributed by atoms with Crippen LogP contribution in [0, 0.1) is 5.92 Å². The Labute approximate surface area is 149 Å². The van der Waals surface area contributed by atoms with E-state index < -0.39 is 0 Å². The van der Waals surface area contributed by atoms with Crippen LogP contribution in [-0.2, 0) is 6.42 Å². The van der Waals surface area contributed by atoms with E-state index in [1.165, 1.54) is 83.2 Å². The summed E-state index contributed by atoms with van der Waals surface area (Å²) >= 11 is 0. The normalized spacial score (nSPS) is 22.6. The number of piperidine rings is 1. The third-order valence-electron chi connectivity index (χ3n) is 6.21. The highest BCUT2D eigenvalue weighted by Gasteiger charge is 2.23. The monoisotopic (exact) mass is 328 g/mol. The first kappa shape index (κ1) is 17.8. The van der Waals surface area contributed by atoms with Crippen molar-refractivity contribution in [3.8, 4) is 0 Å². The van der Waals surface area contributed by atoms with Crippen molar-refractivity contribution in [2.24, 2.45) is 5.92 Å². The lowest BCUT2D eigenvalue weighted by Gasteiger charge is -2.38. The molecule has 1 fully saturated rings. The van der Waals surface area contributed by atoms with Crippen molar-refractivity contribution in [1.29, 1.82) is 0 Å². The highest BCUT2D eigenvalue weighted by molar-refractivity contribution is 5.56. The summed E-state index contributed by atoms with van der Waals surface area (Å²) < 4.78 is 0. The largest absolute Gasteiger partial charge is 0.369 e. The minimum atomic E-state index is 0.694. The van der Waals surface area contributed by atoms with Gasteiger partial charge in [0, 0.05) is 18.3 Å². The van der Waals surface area contributed by atoms with E-state index in [0.717, 1.165) is 5.92 Å². The first-order chi connectivity index (χ1) is 11.8. The number of anilines is 1. The van der Waals surface area contributed by atoms with E-state index in [0.29, 0.717) is 6.04 Å². The van der Waals surface area contributed by atoms with Crippen LogP contribution >= 0.6 is 0 Å². The highest BCUT2D eigenvalue weighted by atomic mass is 15.2. The average Bonchev–Trinajstić information content (AvgIpc) is 2.63. The Morgan fingerprint density at radius 3 is 2.58 bits per heavy atom. The average molecular weight is 329 g/mol. The molecular weight excluding hydrogens is 292 g/mol. The van der Waals surface area contributed by atoms with Crippen LogP contribution in [0.15, 0.2) is 24.3 Å². The second-order valence-corrected chi connectivity index (χ2v) is 7.99. The molecule has 2 aliphatic rings. The van der Waals surface area contributed by atoms with Crippen molar-refractivity contribution in [2.75, 3.05) is 31.1 Å². The molecule has 0 bridgehead atoms. The van der Waals surface area contributed by atoms with Crippen LogP contribution in [0.25, 0.3) is 0 Å². The predicted octanol–water partition coefficient (Wildman–Crippen LogP) is 5.12. The van der Waals surface area contributed by atoms with E-state index >= 15 is 0 Å². The summed E-state index contributed by atoms with van der Waals surface area (Å²) in [6, 6.07) is 9.72. The second-order valence-electron chi connectivity index (χ2n) is 7.99. The zero-order valence-corrected chi connectivity index (χ0v) is 15.8. The Kier molecular flexibility index (Phi) is 6.59. The van der Waals surface area contributed by atoms with Crippen molar-refractivity contribution >= 4 is 5.69 Å². The number of likely N-dealkylation sites (tertiary alicyclic amines) is 1. The van der Waals surface area contributed by atoms with Gasteiger partial charge in [0.25, 0.3) is 0 Å². The van der Waals surface area contributed by atoms with Crippen LogP contribution in [-0.4, -0.2) is 37.1 Å².